The lowest BCUT2D eigenvalue weighted by molar-refractivity contribution is 0.0987. The van der Waals surface area contributed by atoms with E-state index >= 15 is 4.39 Å². The number of hydrogen-bond acceptors (Lipinski definition) is 8. The molecule has 230 valence electrons. The summed E-state index contributed by atoms with van der Waals surface area (Å²) >= 11 is 0. The van der Waals surface area contributed by atoms with E-state index in [9.17, 15) is 12.8 Å². The molecule has 1 atom stereocenters. The van der Waals surface area contributed by atoms with Crippen molar-refractivity contribution in [3.8, 4) is 28.3 Å². The Kier molecular flexibility index (Phi) is 8.32. The molecule has 3 aromatic heterocycles. The standard InChI is InChI=1S/C31H32F2N6O4S/c1-3-43-26-16-21(23-6-4-7-25(27(23)33)38-44(40,41)13-5-9-32)15-24-28(26)36-30(22-14-20-8-10-34-29(20)35-17-22)37-31(24)39-11-12-42-18-19(39)2/h4,6-8,10,14-17,19,38H,3,5,9,11-13,18H2,1-2H3,(H,34,35)/t19-/m1/s1. The van der Waals surface area contributed by atoms with Crippen molar-refractivity contribution in [3.63, 3.8) is 0 Å². The number of aromatic nitrogens is 4. The Hall–Kier alpha value is -4.36. The van der Waals surface area contributed by atoms with E-state index in [-0.39, 0.29) is 23.7 Å². The fourth-order valence-corrected chi connectivity index (χ4v) is 6.44. The van der Waals surface area contributed by atoms with Crippen LogP contribution in [0, 0.1) is 5.82 Å². The number of fused-ring (bicyclic) bond motifs is 2. The molecule has 2 aromatic carbocycles. The Morgan fingerprint density at radius 1 is 1.18 bits per heavy atom. The summed E-state index contributed by atoms with van der Waals surface area (Å²) in [6, 6.07) is 11.9. The van der Waals surface area contributed by atoms with Gasteiger partial charge in [0.1, 0.15) is 22.7 Å². The lowest BCUT2D eigenvalue weighted by Crippen LogP contribution is -2.44. The number of anilines is 2. The molecule has 13 heteroatoms. The van der Waals surface area contributed by atoms with Crippen LogP contribution in [0.15, 0.2) is 54.9 Å². The SMILES string of the molecule is CCOc1cc(-c2cccc(NS(=O)(=O)CCCF)c2F)cc2c(N3CCOC[C@H]3C)nc(-c3cnc4[nH]ccc4c3)nc12. The predicted octanol–water partition coefficient (Wildman–Crippen LogP) is 5.70. The highest BCUT2D eigenvalue weighted by molar-refractivity contribution is 7.92. The third-order valence-corrected chi connectivity index (χ3v) is 8.82. The molecular weight excluding hydrogens is 590 g/mol. The summed E-state index contributed by atoms with van der Waals surface area (Å²) < 4.78 is 67.4. The van der Waals surface area contributed by atoms with Crippen LogP contribution in [0.3, 0.4) is 0 Å². The third-order valence-electron chi connectivity index (χ3n) is 7.47. The van der Waals surface area contributed by atoms with Gasteiger partial charge in [0.2, 0.25) is 10.0 Å². The molecule has 1 saturated heterocycles. The molecule has 0 amide bonds. The van der Waals surface area contributed by atoms with Gasteiger partial charge in [-0.25, -0.2) is 27.8 Å². The molecular formula is C31H32F2N6O4S. The van der Waals surface area contributed by atoms with Crippen molar-refractivity contribution in [2.24, 2.45) is 0 Å². The van der Waals surface area contributed by atoms with E-state index in [4.69, 9.17) is 19.4 Å². The molecule has 1 aliphatic heterocycles. The van der Waals surface area contributed by atoms with E-state index in [0.29, 0.717) is 60.2 Å². The number of morpholine rings is 1. The Morgan fingerprint density at radius 2 is 2.05 bits per heavy atom. The molecule has 0 aliphatic carbocycles. The second-order valence-electron chi connectivity index (χ2n) is 10.6. The van der Waals surface area contributed by atoms with Gasteiger partial charge in [-0.3, -0.25) is 9.11 Å². The van der Waals surface area contributed by atoms with Crippen molar-refractivity contribution in [2.75, 3.05) is 48.4 Å². The fraction of sp³-hybridized carbons (Fsp3) is 0.323. The fourth-order valence-electron chi connectivity index (χ4n) is 5.35. The van der Waals surface area contributed by atoms with Crippen molar-refractivity contribution in [2.45, 2.75) is 26.3 Å². The minimum Gasteiger partial charge on any atom is -0.492 e. The first-order valence-electron chi connectivity index (χ1n) is 14.4. The second-order valence-corrected chi connectivity index (χ2v) is 12.4. The van der Waals surface area contributed by atoms with E-state index in [0.717, 1.165) is 16.6 Å². The predicted molar refractivity (Wildman–Crippen MR) is 167 cm³/mol. The lowest BCUT2D eigenvalue weighted by Gasteiger charge is -2.35. The zero-order chi connectivity index (χ0) is 30.8. The zero-order valence-electron chi connectivity index (χ0n) is 24.3. The number of H-pyrrole nitrogens is 1. The summed E-state index contributed by atoms with van der Waals surface area (Å²) in [6.07, 6.45) is 3.36. The largest absolute Gasteiger partial charge is 0.492 e. The number of halogens is 2. The van der Waals surface area contributed by atoms with Gasteiger partial charge in [-0.15, -0.1) is 0 Å². The highest BCUT2D eigenvalue weighted by atomic mass is 32.2. The van der Waals surface area contributed by atoms with Gasteiger partial charge < -0.3 is 19.4 Å². The van der Waals surface area contributed by atoms with Crippen LogP contribution in [0.25, 0.3) is 44.5 Å². The minimum absolute atomic E-state index is 0.00188. The number of nitrogens with zero attached hydrogens (tertiary/aromatic N) is 4. The van der Waals surface area contributed by atoms with Crippen molar-refractivity contribution in [3.05, 3.63) is 60.7 Å². The van der Waals surface area contributed by atoms with Crippen LogP contribution in [-0.4, -0.2) is 73.2 Å². The zero-order valence-corrected chi connectivity index (χ0v) is 25.1. The van der Waals surface area contributed by atoms with Gasteiger partial charge in [0, 0.05) is 40.8 Å². The number of hydrogen-bond donors (Lipinski definition) is 2. The number of sulfonamides is 1. The van der Waals surface area contributed by atoms with E-state index in [1.54, 1.807) is 30.5 Å². The topological polar surface area (TPSA) is 122 Å². The third kappa shape index (κ3) is 5.89. The van der Waals surface area contributed by atoms with Crippen molar-refractivity contribution >= 4 is 43.5 Å². The summed E-state index contributed by atoms with van der Waals surface area (Å²) in [6.45, 7) is 5.05. The van der Waals surface area contributed by atoms with Crippen LogP contribution in [-0.2, 0) is 14.8 Å². The maximum Gasteiger partial charge on any atom is 0.232 e. The Bertz CT molecular complexity index is 1930. The molecule has 0 radical (unpaired) electrons. The van der Waals surface area contributed by atoms with Crippen LogP contribution in [0.1, 0.15) is 20.3 Å². The van der Waals surface area contributed by atoms with Gasteiger partial charge in [-0.1, -0.05) is 12.1 Å². The molecule has 2 N–H and O–H groups in total. The van der Waals surface area contributed by atoms with Gasteiger partial charge >= 0.3 is 0 Å². The van der Waals surface area contributed by atoms with Gasteiger partial charge in [-0.2, -0.15) is 0 Å². The van der Waals surface area contributed by atoms with E-state index in [1.807, 2.05) is 32.2 Å². The van der Waals surface area contributed by atoms with Crippen molar-refractivity contribution < 1.29 is 26.7 Å². The van der Waals surface area contributed by atoms with Crippen LogP contribution < -0.4 is 14.4 Å². The molecule has 1 aliphatic rings. The van der Waals surface area contributed by atoms with E-state index < -0.39 is 28.3 Å². The average Bonchev–Trinajstić information content (AvgIpc) is 3.49. The first-order chi connectivity index (χ1) is 21.3. The monoisotopic (exact) mass is 622 g/mol. The number of nitrogens with one attached hydrogen (secondary N) is 2. The summed E-state index contributed by atoms with van der Waals surface area (Å²) in [7, 11) is -3.94. The average molecular weight is 623 g/mol. The Labute approximate surface area is 253 Å². The first-order valence-corrected chi connectivity index (χ1v) is 16.0. The Balaban J connectivity index is 1.54. The normalized spacial score (nSPS) is 15.6. The molecule has 10 nitrogen and oxygen atoms in total. The first kappa shape index (κ1) is 29.7. The number of pyridine rings is 1. The summed E-state index contributed by atoms with van der Waals surface area (Å²) in [5.74, 6) is 0.315. The summed E-state index contributed by atoms with van der Waals surface area (Å²) in [5.41, 5.74) is 2.42. The second kappa shape index (κ2) is 12.3. The molecule has 0 saturated carbocycles. The quantitative estimate of drug-likeness (QED) is 0.203. The maximum atomic E-state index is 15.9. The molecule has 1 fully saturated rings. The highest BCUT2D eigenvalue weighted by Gasteiger charge is 2.26. The van der Waals surface area contributed by atoms with E-state index in [1.165, 1.54) is 6.07 Å². The molecule has 4 heterocycles. The van der Waals surface area contributed by atoms with Crippen molar-refractivity contribution in [1.29, 1.82) is 0 Å². The lowest BCUT2D eigenvalue weighted by atomic mass is 10.0. The van der Waals surface area contributed by atoms with Gasteiger partial charge in [0.05, 0.1) is 44.0 Å². The number of alkyl halides is 1. The smallest absolute Gasteiger partial charge is 0.232 e. The van der Waals surface area contributed by atoms with Gasteiger partial charge in [0.25, 0.3) is 0 Å². The van der Waals surface area contributed by atoms with Gasteiger partial charge in [0.15, 0.2) is 11.6 Å². The molecule has 44 heavy (non-hydrogen) atoms. The summed E-state index contributed by atoms with van der Waals surface area (Å²) in [4.78, 5) is 19.7. The maximum absolute atomic E-state index is 15.9. The van der Waals surface area contributed by atoms with Crippen molar-refractivity contribution in [1.82, 2.24) is 19.9 Å². The van der Waals surface area contributed by atoms with Gasteiger partial charge in [-0.05, 0) is 56.2 Å². The minimum atomic E-state index is -3.94. The molecule has 0 bridgehead atoms. The van der Waals surface area contributed by atoms with E-state index in [2.05, 4.69) is 19.6 Å². The summed E-state index contributed by atoms with van der Waals surface area (Å²) in [5, 5.41) is 1.57. The molecule has 6 rings (SSSR count). The Morgan fingerprint density at radius 3 is 2.84 bits per heavy atom. The number of rotatable bonds is 10. The van der Waals surface area contributed by atoms with Crippen LogP contribution >= 0.6 is 0 Å². The molecule has 0 spiro atoms. The number of benzene rings is 2. The molecule has 5 aromatic rings. The number of aromatic amines is 1. The number of ether oxygens (including phenoxy) is 2. The van der Waals surface area contributed by atoms with Crippen LogP contribution in [0.5, 0.6) is 5.75 Å². The van der Waals surface area contributed by atoms with Crippen LogP contribution in [0.2, 0.25) is 0 Å². The molecule has 0 unspecified atom stereocenters. The van der Waals surface area contributed by atoms with Crippen LogP contribution in [0.4, 0.5) is 20.3 Å². The highest BCUT2D eigenvalue weighted by Crippen LogP contribution is 2.40.